The third kappa shape index (κ3) is 1.61. The maximum Gasteiger partial charge on any atom is 0.321 e. The fraction of sp³-hybridized carbons (Fsp3) is 0.167. The van der Waals surface area contributed by atoms with Gasteiger partial charge in [-0.3, -0.25) is 20.2 Å². The van der Waals surface area contributed by atoms with Crippen LogP contribution in [0.3, 0.4) is 0 Å². The normalized spacial score (nSPS) is 9.93. The maximum absolute atomic E-state index is 10.6. The molecule has 0 aliphatic rings. The summed E-state index contributed by atoms with van der Waals surface area (Å²) in [7, 11) is 0. The summed E-state index contributed by atoms with van der Waals surface area (Å²) in [5.41, 5.74) is 9.10. The highest BCUT2D eigenvalue weighted by molar-refractivity contribution is 5.71. The van der Waals surface area contributed by atoms with Crippen LogP contribution in [0.1, 0.15) is 5.56 Å². The van der Waals surface area contributed by atoms with Gasteiger partial charge >= 0.3 is 11.4 Å². The molecule has 9 heteroatoms. The molecule has 15 heavy (non-hydrogen) atoms. The Balaban J connectivity index is 3.64. The summed E-state index contributed by atoms with van der Waals surface area (Å²) >= 11 is 0. The molecular formula is C6H7N5O4. The second-order valence-corrected chi connectivity index (χ2v) is 2.72. The monoisotopic (exact) mass is 213 g/mol. The average molecular weight is 213 g/mol. The van der Waals surface area contributed by atoms with Crippen LogP contribution in [0.2, 0.25) is 0 Å². The summed E-state index contributed by atoms with van der Waals surface area (Å²) in [6.45, 7) is 1.20. The van der Waals surface area contributed by atoms with Crippen molar-refractivity contribution >= 4 is 23.0 Å². The summed E-state index contributed by atoms with van der Waals surface area (Å²) in [6.07, 6.45) is 0. The highest BCUT2D eigenvalue weighted by Gasteiger charge is 2.29. The van der Waals surface area contributed by atoms with Crippen LogP contribution in [-0.2, 0) is 0 Å². The summed E-state index contributed by atoms with van der Waals surface area (Å²) in [5, 5.41) is 21.1. The van der Waals surface area contributed by atoms with E-state index in [9.17, 15) is 20.2 Å². The fourth-order valence-electron chi connectivity index (χ4n) is 1.19. The molecule has 0 saturated heterocycles. The van der Waals surface area contributed by atoms with E-state index in [4.69, 9.17) is 11.5 Å². The van der Waals surface area contributed by atoms with Crippen LogP contribution in [0.4, 0.5) is 23.0 Å². The highest BCUT2D eigenvalue weighted by atomic mass is 16.6. The SMILES string of the molecule is Cc1c([N+](=O)[O-])c(N)nc(N)c1[N+](=O)[O-]. The Hall–Kier alpha value is -2.45. The Bertz CT molecular complexity index is 419. The van der Waals surface area contributed by atoms with Crippen molar-refractivity contribution in [3.05, 3.63) is 25.8 Å². The largest absolute Gasteiger partial charge is 0.378 e. The number of rotatable bonds is 2. The second kappa shape index (κ2) is 3.36. The maximum atomic E-state index is 10.6. The lowest BCUT2D eigenvalue weighted by Gasteiger charge is -2.03. The first kappa shape index (κ1) is 10.6. The van der Waals surface area contributed by atoms with E-state index in [1.165, 1.54) is 6.92 Å². The molecule has 0 fully saturated rings. The fourth-order valence-corrected chi connectivity index (χ4v) is 1.19. The molecule has 0 aromatic carbocycles. The van der Waals surface area contributed by atoms with Crippen LogP contribution in [-0.4, -0.2) is 14.8 Å². The van der Waals surface area contributed by atoms with Crippen molar-refractivity contribution in [2.24, 2.45) is 0 Å². The van der Waals surface area contributed by atoms with Gasteiger partial charge in [0.2, 0.25) is 11.6 Å². The number of nitrogens with two attached hydrogens (primary N) is 2. The van der Waals surface area contributed by atoms with E-state index in [2.05, 4.69) is 4.98 Å². The highest BCUT2D eigenvalue weighted by Crippen LogP contribution is 2.34. The van der Waals surface area contributed by atoms with Crippen LogP contribution in [0, 0.1) is 27.2 Å². The molecule has 1 rings (SSSR count). The van der Waals surface area contributed by atoms with Gasteiger partial charge in [0, 0.05) is 0 Å². The van der Waals surface area contributed by atoms with E-state index in [0.29, 0.717) is 0 Å². The van der Waals surface area contributed by atoms with Gasteiger partial charge in [0.05, 0.1) is 9.85 Å². The van der Waals surface area contributed by atoms with E-state index >= 15 is 0 Å². The quantitative estimate of drug-likeness (QED) is 0.531. The third-order valence-corrected chi connectivity index (χ3v) is 1.80. The van der Waals surface area contributed by atoms with E-state index in [-0.39, 0.29) is 5.56 Å². The number of pyridine rings is 1. The molecule has 1 heterocycles. The molecule has 9 nitrogen and oxygen atoms in total. The van der Waals surface area contributed by atoms with Crippen molar-refractivity contribution in [1.29, 1.82) is 0 Å². The summed E-state index contributed by atoms with van der Waals surface area (Å²) < 4.78 is 0. The molecule has 80 valence electrons. The Labute approximate surface area is 83.0 Å². The molecule has 0 saturated carbocycles. The second-order valence-electron chi connectivity index (χ2n) is 2.72. The van der Waals surface area contributed by atoms with Crippen LogP contribution in [0.5, 0.6) is 0 Å². The van der Waals surface area contributed by atoms with E-state index < -0.39 is 32.9 Å². The molecule has 0 aliphatic carbocycles. The van der Waals surface area contributed by atoms with Gasteiger partial charge in [-0.05, 0) is 6.92 Å². The summed E-state index contributed by atoms with van der Waals surface area (Å²) in [5.74, 6) is -0.860. The predicted molar refractivity (Wildman–Crippen MR) is 51.1 cm³/mol. The molecule has 0 amide bonds. The van der Waals surface area contributed by atoms with Gasteiger partial charge < -0.3 is 11.5 Å². The first-order chi connectivity index (χ1) is 6.86. The van der Waals surface area contributed by atoms with Crippen molar-refractivity contribution < 1.29 is 9.85 Å². The number of nitrogen functional groups attached to an aromatic ring is 2. The lowest BCUT2D eigenvalue weighted by atomic mass is 10.2. The van der Waals surface area contributed by atoms with Gasteiger partial charge in [0.1, 0.15) is 5.56 Å². The lowest BCUT2D eigenvalue weighted by Crippen LogP contribution is -2.08. The Morgan fingerprint density at radius 1 is 1.07 bits per heavy atom. The molecule has 0 radical (unpaired) electrons. The first-order valence-corrected chi connectivity index (χ1v) is 3.70. The zero-order valence-corrected chi connectivity index (χ0v) is 7.63. The predicted octanol–water partition coefficient (Wildman–Crippen LogP) is 0.371. The van der Waals surface area contributed by atoms with Gasteiger partial charge in [-0.25, -0.2) is 4.98 Å². The number of hydrogen-bond acceptors (Lipinski definition) is 7. The molecule has 0 unspecified atom stereocenters. The Morgan fingerprint density at radius 2 is 1.40 bits per heavy atom. The molecule has 1 aromatic heterocycles. The van der Waals surface area contributed by atoms with Crippen molar-refractivity contribution in [2.45, 2.75) is 6.92 Å². The van der Waals surface area contributed by atoms with Crippen LogP contribution < -0.4 is 11.5 Å². The number of aromatic nitrogens is 1. The summed E-state index contributed by atoms with van der Waals surface area (Å²) in [6, 6.07) is 0. The van der Waals surface area contributed by atoms with Gasteiger partial charge in [-0.2, -0.15) is 0 Å². The molecular weight excluding hydrogens is 206 g/mol. The van der Waals surface area contributed by atoms with E-state index in [0.717, 1.165) is 0 Å². The smallest absolute Gasteiger partial charge is 0.321 e. The Kier molecular flexibility index (Phi) is 2.38. The zero-order chi connectivity index (χ0) is 11.7. The number of anilines is 2. The molecule has 0 aliphatic heterocycles. The van der Waals surface area contributed by atoms with Gasteiger partial charge in [0.25, 0.3) is 0 Å². The zero-order valence-electron chi connectivity index (χ0n) is 7.63. The summed E-state index contributed by atoms with van der Waals surface area (Å²) in [4.78, 5) is 22.8. The lowest BCUT2D eigenvalue weighted by molar-refractivity contribution is -0.394. The van der Waals surface area contributed by atoms with Crippen molar-refractivity contribution in [1.82, 2.24) is 4.98 Å². The minimum atomic E-state index is -0.829. The van der Waals surface area contributed by atoms with Crippen molar-refractivity contribution in [3.8, 4) is 0 Å². The minimum absolute atomic E-state index is 0.199. The van der Waals surface area contributed by atoms with E-state index in [1.807, 2.05) is 0 Å². The molecule has 0 bridgehead atoms. The van der Waals surface area contributed by atoms with Crippen LogP contribution in [0.25, 0.3) is 0 Å². The van der Waals surface area contributed by atoms with Gasteiger partial charge in [0.15, 0.2) is 0 Å². The third-order valence-electron chi connectivity index (χ3n) is 1.80. The standard InChI is InChI=1S/C6H7N5O4/c1-2-3(10(12)13)5(7)9-6(8)4(2)11(14)15/h1H3,(H4,7,8,9). The van der Waals surface area contributed by atoms with Gasteiger partial charge in [-0.1, -0.05) is 0 Å². The first-order valence-electron chi connectivity index (χ1n) is 3.70. The number of hydrogen-bond donors (Lipinski definition) is 2. The number of nitrogens with zero attached hydrogens (tertiary/aromatic N) is 3. The van der Waals surface area contributed by atoms with Crippen molar-refractivity contribution in [3.63, 3.8) is 0 Å². The number of nitro groups is 2. The van der Waals surface area contributed by atoms with Gasteiger partial charge in [-0.15, -0.1) is 0 Å². The van der Waals surface area contributed by atoms with E-state index in [1.54, 1.807) is 0 Å². The van der Waals surface area contributed by atoms with Crippen LogP contribution in [0.15, 0.2) is 0 Å². The minimum Gasteiger partial charge on any atom is -0.378 e. The van der Waals surface area contributed by atoms with Crippen LogP contribution >= 0.6 is 0 Å². The molecule has 1 aromatic rings. The molecule has 0 spiro atoms. The molecule has 0 atom stereocenters. The molecule has 4 N–H and O–H groups in total. The van der Waals surface area contributed by atoms with Crippen molar-refractivity contribution in [2.75, 3.05) is 11.5 Å². The average Bonchev–Trinajstić information content (AvgIpc) is 1.99. The topological polar surface area (TPSA) is 151 Å². The Morgan fingerprint density at radius 3 is 1.67 bits per heavy atom.